The van der Waals surface area contributed by atoms with Crippen LogP contribution in [0.5, 0.6) is 0 Å². The van der Waals surface area contributed by atoms with Crippen molar-refractivity contribution in [1.82, 2.24) is 0 Å². The second-order valence-corrected chi connectivity index (χ2v) is 2.87. The normalized spacial score (nSPS) is 30.3. The van der Waals surface area contributed by atoms with E-state index in [1.165, 1.54) is 0 Å². The lowest BCUT2D eigenvalue weighted by molar-refractivity contribution is 0.0138. The molecule has 0 spiro atoms. The van der Waals surface area contributed by atoms with Gasteiger partial charge in [-0.1, -0.05) is 12.2 Å². The first-order chi connectivity index (χ1) is 5.27. The van der Waals surface area contributed by atoms with Crippen molar-refractivity contribution in [2.75, 3.05) is 14.2 Å². The lowest BCUT2D eigenvalue weighted by Crippen LogP contribution is -2.28. The Morgan fingerprint density at radius 3 is 2.45 bits per heavy atom. The van der Waals surface area contributed by atoms with Crippen LogP contribution in [0.25, 0.3) is 0 Å². The summed E-state index contributed by atoms with van der Waals surface area (Å²) >= 11 is 4.19. The average molecular weight is 172 g/mol. The molecule has 0 heterocycles. The number of methoxy groups -OCH3 is 2. The lowest BCUT2D eigenvalue weighted by Gasteiger charge is -2.22. The summed E-state index contributed by atoms with van der Waals surface area (Å²) < 4.78 is 10.3. The number of thiol groups is 1. The molecule has 0 aromatic rings. The molecule has 0 amide bonds. The van der Waals surface area contributed by atoms with E-state index in [0.29, 0.717) is 0 Å². The Balaban J connectivity index is 2.66. The minimum absolute atomic E-state index is 0.00231. The first-order valence-corrected chi connectivity index (χ1v) is 3.87. The minimum atomic E-state index is -0.00231. The average Bonchev–Trinajstić information content (AvgIpc) is 2.04. The molecule has 1 rings (SSSR count). The molecule has 0 aromatic heterocycles. The molecule has 1 aliphatic carbocycles. The van der Waals surface area contributed by atoms with Gasteiger partial charge in [0.2, 0.25) is 0 Å². The second-order valence-electron chi connectivity index (χ2n) is 2.35. The van der Waals surface area contributed by atoms with E-state index in [1.807, 2.05) is 18.2 Å². The van der Waals surface area contributed by atoms with E-state index in [1.54, 1.807) is 14.2 Å². The third-order valence-corrected chi connectivity index (χ3v) is 1.96. The second kappa shape index (κ2) is 3.95. The summed E-state index contributed by atoms with van der Waals surface area (Å²) in [5, 5.41) is 0. The number of hydrogen-bond donors (Lipinski definition) is 1. The molecule has 0 radical (unpaired) electrons. The van der Waals surface area contributed by atoms with Gasteiger partial charge in [-0.05, 0) is 6.08 Å². The molecule has 0 bridgehead atoms. The van der Waals surface area contributed by atoms with Crippen molar-refractivity contribution < 1.29 is 9.47 Å². The first-order valence-electron chi connectivity index (χ1n) is 3.42. The predicted molar refractivity (Wildman–Crippen MR) is 47.8 cm³/mol. The van der Waals surface area contributed by atoms with E-state index in [9.17, 15) is 0 Å². The van der Waals surface area contributed by atoms with E-state index < -0.39 is 0 Å². The highest BCUT2D eigenvalue weighted by atomic mass is 32.1. The van der Waals surface area contributed by atoms with Crippen molar-refractivity contribution in [3.8, 4) is 0 Å². The van der Waals surface area contributed by atoms with Gasteiger partial charge >= 0.3 is 0 Å². The van der Waals surface area contributed by atoms with Crippen molar-refractivity contribution in [2.24, 2.45) is 0 Å². The zero-order valence-electron chi connectivity index (χ0n) is 6.65. The molecule has 0 saturated carbocycles. The molecule has 2 unspecified atom stereocenters. The van der Waals surface area contributed by atoms with Gasteiger partial charge in [0, 0.05) is 19.1 Å². The zero-order valence-corrected chi connectivity index (χ0v) is 7.54. The van der Waals surface area contributed by atoms with Crippen LogP contribution in [0.1, 0.15) is 0 Å². The number of ether oxygens (including phenoxy) is 2. The standard InChI is InChI=1S/C8H12O2S/c1-9-7-4-3-6(11)5-8(7)10-2/h3-5,7-8,11H,1-2H3. The van der Waals surface area contributed by atoms with E-state index in [4.69, 9.17) is 9.47 Å². The molecule has 11 heavy (non-hydrogen) atoms. The molecule has 62 valence electrons. The third-order valence-electron chi connectivity index (χ3n) is 1.66. The van der Waals surface area contributed by atoms with Crippen molar-refractivity contribution in [1.29, 1.82) is 0 Å². The Morgan fingerprint density at radius 2 is 1.91 bits per heavy atom. The van der Waals surface area contributed by atoms with Crippen LogP contribution in [0.3, 0.4) is 0 Å². The van der Waals surface area contributed by atoms with Crippen molar-refractivity contribution in [3.05, 3.63) is 23.1 Å². The van der Waals surface area contributed by atoms with Crippen molar-refractivity contribution >= 4 is 12.6 Å². The molecule has 0 aromatic carbocycles. The fraction of sp³-hybridized carbons (Fsp3) is 0.500. The maximum atomic E-state index is 5.16. The summed E-state index contributed by atoms with van der Waals surface area (Å²) in [5.41, 5.74) is 0. The highest BCUT2D eigenvalue weighted by Crippen LogP contribution is 2.17. The summed E-state index contributed by atoms with van der Waals surface area (Å²) in [6.07, 6.45) is 5.80. The van der Waals surface area contributed by atoms with Crippen molar-refractivity contribution in [3.63, 3.8) is 0 Å². The zero-order chi connectivity index (χ0) is 8.27. The largest absolute Gasteiger partial charge is 0.374 e. The Morgan fingerprint density at radius 1 is 1.27 bits per heavy atom. The van der Waals surface area contributed by atoms with Crippen molar-refractivity contribution in [2.45, 2.75) is 12.2 Å². The summed E-state index contributed by atoms with van der Waals surface area (Å²) in [4.78, 5) is 0.921. The molecule has 2 atom stereocenters. The quantitative estimate of drug-likeness (QED) is 0.635. The maximum Gasteiger partial charge on any atom is 0.106 e. The fourth-order valence-corrected chi connectivity index (χ4v) is 1.27. The van der Waals surface area contributed by atoms with Gasteiger partial charge in [0.1, 0.15) is 12.2 Å². The van der Waals surface area contributed by atoms with Gasteiger partial charge in [0.25, 0.3) is 0 Å². The van der Waals surface area contributed by atoms with Gasteiger partial charge in [-0.3, -0.25) is 0 Å². The smallest absolute Gasteiger partial charge is 0.106 e. The summed E-state index contributed by atoms with van der Waals surface area (Å²) in [6, 6.07) is 0. The molecule has 0 saturated heterocycles. The third kappa shape index (κ3) is 2.09. The molecule has 0 aliphatic heterocycles. The summed E-state index contributed by atoms with van der Waals surface area (Å²) in [6.45, 7) is 0. The SMILES string of the molecule is COC1C=CC(S)=CC1OC. The molecule has 3 heteroatoms. The van der Waals surface area contributed by atoms with Crippen LogP contribution in [-0.4, -0.2) is 26.4 Å². The van der Waals surface area contributed by atoms with Crippen LogP contribution in [-0.2, 0) is 9.47 Å². The minimum Gasteiger partial charge on any atom is -0.374 e. The van der Waals surface area contributed by atoms with Gasteiger partial charge < -0.3 is 9.47 Å². The Bertz CT molecular complexity index is 187. The van der Waals surface area contributed by atoms with Gasteiger partial charge in [0.15, 0.2) is 0 Å². The number of rotatable bonds is 2. The maximum absolute atomic E-state index is 5.16. The van der Waals surface area contributed by atoms with E-state index in [-0.39, 0.29) is 12.2 Å². The summed E-state index contributed by atoms with van der Waals surface area (Å²) in [5.74, 6) is 0. The van der Waals surface area contributed by atoms with Gasteiger partial charge in [-0.25, -0.2) is 0 Å². The molecule has 0 N–H and O–H groups in total. The topological polar surface area (TPSA) is 18.5 Å². The highest BCUT2D eigenvalue weighted by molar-refractivity contribution is 7.84. The fourth-order valence-electron chi connectivity index (χ4n) is 1.04. The van der Waals surface area contributed by atoms with E-state index >= 15 is 0 Å². The first kappa shape index (κ1) is 8.84. The molecule has 2 nitrogen and oxygen atoms in total. The highest BCUT2D eigenvalue weighted by Gasteiger charge is 2.18. The van der Waals surface area contributed by atoms with Crippen LogP contribution >= 0.6 is 12.6 Å². The van der Waals surface area contributed by atoms with Gasteiger partial charge in [-0.15, -0.1) is 12.6 Å². The molecule has 1 aliphatic rings. The van der Waals surface area contributed by atoms with Crippen LogP contribution < -0.4 is 0 Å². The number of allylic oxidation sites excluding steroid dienone is 1. The lowest BCUT2D eigenvalue weighted by atomic mass is 10.1. The van der Waals surface area contributed by atoms with Crippen LogP contribution in [0.15, 0.2) is 23.1 Å². The Hall–Kier alpha value is -0.250. The monoisotopic (exact) mass is 172 g/mol. The van der Waals surface area contributed by atoms with Crippen LogP contribution in [0.2, 0.25) is 0 Å². The van der Waals surface area contributed by atoms with E-state index in [2.05, 4.69) is 12.6 Å². The number of hydrogen-bond acceptors (Lipinski definition) is 3. The van der Waals surface area contributed by atoms with Crippen LogP contribution in [0.4, 0.5) is 0 Å². The predicted octanol–water partition coefficient (Wildman–Crippen LogP) is 1.40. The van der Waals surface area contributed by atoms with Gasteiger partial charge in [-0.2, -0.15) is 0 Å². The Labute approximate surface area is 72.3 Å². The van der Waals surface area contributed by atoms with Gasteiger partial charge in [0.05, 0.1) is 0 Å². The summed E-state index contributed by atoms with van der Waals surface area (Å²) in [7, 11) is 3.33. The van der Waals surface area contributed by atoms with E-state index in [0.717, 1.165) is 4.91 Å². The molecule has 0 fully saturated rings. The Kier molecular flexibility index (Phi) is 3.17. The van der Waals surface area contributed by atoms with Crippen LogP contribution in [0, 0.1) is 0 Å². The molecular formula is C8H12O2S. The molecular weight excluding hydrogens is 160 g/mol.